The van der Waals surface area contributed by atoms with Gasteiger partial charge in [-0.25, -0.2) is 8.78 Å². The third-order valence-electron chi connectivity index (χ3n) is 7.17. The van der Waals surface area contributed by atoms with Crippen molar-refractivity contribution in [2.24, 2.45) is 5.41 Å². The summed E-state index contributed by atoms with van der Waals surface area (Å²) in [5.41, 5.74) is 8.61. The molecule has 1 aliphatic carbocycles. The second-order valence-corrected chi connectivity index (χ2v) is 12.0. The number of aromatic nitrogens is 2. The van der Waals surface area contributed by atoms with E-state index in [1.165, 1.54) is 12.4 Å². The fraction of sp³-hybridized carbons (Fsp3) is 0.345. The Bertz CT molecular complexity index is 1540. The van der Waals surface area contributed by atoms with Crippen LogP contribution >= 0.6 is 0 Å². The number of nitrogens with zero attached hydrogens (tertiary/aromatic N) is 4. The van der Waals surface area contributed by atoms with E-state index in [1.54, 1.807) is 0 Å². The molecule has 3 aromatic rings. The van der Waals surface area contributed by atoms with E-state index in [2.05, 4.69) is 32.4 Å². The van der Waals surface area contributed by atoms with Crippen LogP contribution in [0.25, 0.3) is 5.69 Å². The Morgan fingerprint density at radius 3 is 2.45 bits per heavy atom. The Balaban J connectivity index is 1.30. The summed E-state index contributed by atoms with van der Waals surface area (Å²) in [6, 6.07) is 10.8. The van der Waals surface area contributed by atoms with E-state index < -0.39 is 27.7 Å². The van der Waals surface area contributed by atoms with Crippen LogP contribution in [0.15, 0.2) is 59.7 Å². The third kappa shape index (κ3) is 6.46. The van der Waals surface area contributed by atoms with Crippen LogP contribution < -0.4 is 20.5 Å². The zero-order chi connectivity index (χ0) is 28.3. The minimum Gasteiger partial charge on any atom is -0.486 e. The van der Waals surface area contributed by atoms with Gasteiger partial charge in [0, 0.05) is 30.3 Å². The van der Waals surface area contributed by atoms with Crippen molar-refractivity contribution >= 4 is 27.7 Å². The molecule has 2 aromatic carbocycles. The number of halogens is 2. The summed E-state index contributed by atoms with van der Waals surface area (Å²) in [6.07, 6.45) is 5.02. The predicted molar refractivity (Wildman–Crippen MR) is 155 cm³/mol. The Morgan fingerprint density at radius 2 is 1.82 bits per heavy atom. The molecule has 1 aliphatic heterocycles. The fourth-order valence-corrected chi connectivity index (χ4v) is 5.83. The SMILES string of the molecule is C#[S-](Cc1ccc(NC=C=N)cc1)N1CCN(c2cnn(-c3cc(F)cc(F)c3)c(=O)c2OCC2(C)CC2)CC1. The van der Waals surface area contributed by atoms with Crippen LogP contribution in [0.5, 0.6) is 5.75 Å². The van der Waals surface area contributed by atoms with Crippen LogP contribution in [-0.4, -0.2) is 52.7 Å². The molecule has 2 N–H and O–H groups in total. The Kier molecular flexibility index (Phi) is 8.09. The molecule has 0 spiro atoms. The van der Waals surface area contributed by atoms with Crippen molar-refractivity contribution in [2.75, 3.05) is 43.0 Å². The first-order chi connectivity index (χ1) is 19.2. The quantitative estimate of drug-likeness (QED) is 0.313. The van der Waals surface area contributed by atoms with Crippen LogP contribution in [0, 0.1) is 28.1 Å². The minimum atomic E-state index is -0.790. The zero-order valence-corrected chi connectivity index (χ0v) is 23.0. The summed E-state index contributed by atoms with van der Waals surface area (Å²) >= 11 is 0. The van der Waals surface area contributed by atoms with Crippen molar-refractivity contribution in [3.05, 3.63) is 82.4 Å². The van der Waals surface area contributed by atoms with Gasteiger partial charge in [0.1, 0.15) is 17.3 Å². The van der Waals surface area contributed by atoms with Gasteiger partial charge in [-0.05, 0) is 56.1 Å². The number of anilines is 2. The molecule has 0 amide bonds. The molecular weight excluding hydrogens is 534 g/mol. The van der Waals surface area contributed by atoms with Gasteiger partial charge in [0.15, 0.2) is 0 Å². The lowest BCUT2D eigenvalue weighted by Crippen LogP contribution is -2.47. The number of ether oxygens (including phenoxy) is 1. The van der Waals surface area contributed by atoms with Crippen molar-refractivity contribution in [3.63, 3.8) is 0 Å². The lowest BCUT2D eigenvalue weighted by atomic mass is 10.2. The second-order valence-electron chi connectivity index (χ2n) is 10.4. The highest BCUT2D eigenvalue weighted by atomic mass is 32.2. The molecule has 0 unspecified atom stereocenters. The summed E-state index contributed by atoms with van der Waals surface area (Å²) in [5.74, 6) is 1.45. The standard InChI is InChI=1S/C29H31F2N6O2S/c1-29(7-8-29)20-39-27-26(18-34-37(28(27)38)25-16-22(30)15-23(31)17-25)35-11-13-36(14-12-35)40(2)19-21-3-5-24(6-4-21)33-10-9-32/h2-6,10,15-18,32-33H,7-8,11-14,19-20H2,1H3/q-1. The molecule has 0 radical (unpaired) electrons. The average molecular weight is 566 g/mol. The van der Waals surface area contributed by atoms with Crippen LogP contribution in [0.4, 0.5) is 20.2 Å². The maximum absolute atomic E-state index is 13.9. The van der Waals surface area contributed by atoms with Crippen molar-refractivity contribution in [2.45, 2.75) is 25.5 Å². The van der Waals surface area contributed by atoms with E-state index in [0.29, 0.717) is 44.2 Å². The van der Waals surface area contributed by atoms with Crippen molar-refractivity contribution in [1.29, 1.82) is 5.41 Å². The number of nitrogens with one attached hydrogen (secondary N) is 2. The maximum Gasteiger partial charge on any atom is 0.316 e. The Labute approximate surface area is 234 Å². The minimum absolute atomic E-state index is 0.00327. The smallest absolute Gasteiger partial charge is 0.316 e. The zero-order valence-electron chi connectivity index (χ0n) is 22.2. The molecule has 2 heterocycles. The monoisotopic (exact) mass is 565 g/mol. The molecule has 1 saturated carbocycles. The van der Waals surface area contributed by atoms with E-state index in [1.807, 2.05) is 24.3 Å². The second kappa shape index (κ2) is 11.7. The summed E-state index contributed by atoms with van der Waals surface area (Å²) in [6.45, 7) is 5.11. The molecule has 40 heavy (non-hydrogen) atoms. The third-order valence-corrected chi connectivity index (χ3v) is 8.82. The van der Waals surface area contributed by atoms with Gasteiger partial charge >= 0.3 is 5.56 Å². The molecule has 5 rings (SSSR count). The average Bonchev–Trinajstić information content (AvgIpc) is 3.68. The summed E-state index contributed by atoms with van der Waals surface area (Å²) in [4.78, 5) is 15.6. The molecule has 1 aromatic heterocycles. The van der Waals surface area contributed by atoms with Crippen LogP contribution in [0.3, 0.4) is 0 Å². The summed E-state index contributed by atoms with van der Waals surface area (Å²) < 4.78 is 37.1. The van der Waals surface area contributed by atoms with Crippen molar-refractivity contribution in [1.82, 2.24) is 14.1 Å². The number of piperazine rings is 1. The molecule has 2 aliphatic rings. The predicted octanol–water partition coefficient (Wildman–Crippen LogP) is 4.31. The lowest BCUT2D eigenvalue weighted by Gasteiger charge is -2.43. The van der Waals surface area contributed by atoms with Crippen LogP contribution in [0.1, 0.15) is 25.3 Å². The molecule has 2 fully saturated rings. The number of hydrogen-bond donors (Lipinski definition) is 2. The summed E-state index contributed by atoms with van der Waals surface area (Å²) in [5, 5.41) is 14.2. The number of rotatable bonds is 8. The summed E-state index contributed by atoms with van der Waals surface area (Å²) in [7, 11) is -0.488. The topological polar surface area (TPSA) is 86.5 Å². The van der Waals surface area contributed by atoms with Gasteiger partial charge in [-0.3, -0.25) is 10.2 Å². The first kappa shape index (κ1) is 27.7. The first-order valence-electron chi connectivity index (χ1n) is 13.0. The molecule has 1 saturated heterocycles. The van der Waals surface area contributed by atoms with Crippen molar-refractivity contribution < 1.29 is 13.5 Å². The van der Waals surface area contributed by atoms with Gasteiger partial charge in [-0.2, -0.15) is 9.78 Å². The highest BCUT2D eigenvalue weighted by Gasteiger charge is 2.39. The van der Waals surface area contributed by atoms with Gasteiger partial charge in [-0.1, -0.05) is 30.4 Å². The van der Waals surface area contributed by atoms with Gasteiger partial charge < -0.3 is 35.4 Å². The van der Waals surface area contributed by atoms with Crippen LogP contribution in [-0.2, 0) is 16.2 Å². The largest absolute Gasteiger partial charge is 0.486 e. The Morgan fingerprint density at radius 1 is 1.15 bits per heavy atom. The molecule has 0 bridgehead atoms. The molecule has 210 valence electrons. The molecular formula is C29H31F2N6O2S-. The first-order valence-corrected chi connectivity index (χ1v) is 14.4. The highest BCUT2D eigenvalue weighted by molar-refractivity contribution is 7.83. The van der Waals surface area contributed by atoms with E-state index in [9.17, 15) is 13.6 Å². The van der Waals surface area contributed by atoms with E-state index >= 15 is 0 Å². The van der Waals surface area contributed by atoms with E-state index in [4.69, 9.17) is 15.8 Å². The van der Waals surface area contributed by atoms with Gasteiger partial charge in [0.25, 0.3) is 0 Å². The van der Waals surface area contributed by atoms with Crippen LogP contribution in [0.2, 0.25) is 0 Å². The molecule has 8 nitrogen and oxygen atoms in total. The van der Waals surface area contributed by atoms with E-state index in [-0.39, 0.29) is 16.9 Å². The lowest BCUT2D eigenvalue weighted by molar-refractivity contribution is 0.242. The fourth-order valence-electron chi connectivity index (χ4n) is 4.48. The molecule has 0 atom stereocenters. The maximum atomic E-state index is 13.9. The number of hydrogen-bond acceptors (Lipinski definition) is 8. The molecule has 11 heteroatoms. The Hall–Kier alpha value is -3.88. The highest BCUT2D eigenvalue weighted by Crippen LogP contribution is 2.45. The normalized spacial score (nSPS) is 16.4. The number of benzene rings is 2. The van der Waals surface area contributed by atoms with Gasteiger partial charge in [-0.15, -0.1) is 0 Å². The van der Waals surface area contributed by atoms with Gasteiger partial charge in [0.2, 0.25) is 5.75 Å². The van der Waals surface area contributed by atoms with Gasteiger partial charge in [0.05, 0.1) is 24.7 Å². The van der Waals surface area contributed by atoms with Crippen molar-refractivity contribution in [3.8, 4) is 17.1 Å². The van der Waals surface area contributed by atoms with E-state index in [0.717, 1.165) is 47.0 Å².